The van der Waals surface area contributed by atoms with Gasteiger partial charge in [-0.2, -0.15) is 0 Å². The van der Waals surface area contributed by atoms with E-state index < -0.39 is 0 Å². The maximum absolute atomic E-state index is 5.73. The molecule has 1 aromatic heterocycles. The van der Waals surface area contributed by atoms with Crippen LogP contribution in [0, 0.1) is 6.92 Å². The van der Waals surface area contributed by atoms with Gasteiger partial charge in [-0.3, -0.25) is 0 Å². The van der Waals surface area contributed by atoms with Gasteiger partial charge in [-0.25, -0.2) is 9.97 Å². The maximum Gasteiger partial charge on any atom is 0.132 e. The Labute approximate surface area is 107 Å². The molecule has 0 fully saturated rings. The molecule has 0 saturated carbocycles. The van der Waals surface area contributed by atoms with Crippen LogP contribution in [-0.2, 0) is 13.0 Å². The minimum atomic E-state index is 0.508. The summed E-state index contributed by atoms with van der Waals surface area (Å²) in [6.45, 7) is 4.83. The van der Waals surface area contributed by atoms with E-state index in [9.17, 15) is 0 Å². The Bertz CT molecular complexity index is 520. The van der Waals surface area contributed by atoms with Crippen LogP contribution >= 0.6 is 0 Å². The number of nitrogens with one attached hydrogen (secondary N) is 1. The van der Waals surface area contributed by atoms with E-state index in [0.717, 1.165) is 24.6 Å². The maximum atomic E-state index is 5.73. The quantitative estimate of drug-likeness (QED) is 0.864. The monoisotopic (exact) mass is 242 g/mol. The molecule has 0 spiro atoms. The van der Waals surface area contributed by atoms with Crippen molar-refractivity contribution in [3.63, 3.8) is 0 Å². The number of anilines is 2. The van der Waals surface area contributed by atoms with E-state index in [0.29, 0.717) is 5.82 Å². The lowest BCUT2D eigenvalue weighted by atomic mass is 10.1. The highest BCUT2D eigenvalue weighted by atomic mass is 15.0. The van der Waals surface area contributed by atoms with Gasteiger partial charge in [0.2, 0.25) is 0 Å². The van der Waals surface area contributed by atoms with Crippen LogP contribution in [0.3, 0.4) is 0 Å². The van der Waals surface area contributed by atoms with E-state index in [2.05, 4.69) is 46.5 Å². The number of rotatable bonds is 4. The molecular weight excluding hydrogens is 224 g/mol. The average molecular weight is 242 g/mol. The molecule has 0 amide bonds. The predicted molar refractivity (Wildman–Crippen MR) is 74.3 cm³/mol. The topological polar surface area (TPSA) is 63.8 Å². The molecule has 2 aromatic rings. The first-order valence-corrected chi connectivity index (χ1v) is 6.10. The molecule has 0 aliphatic rings. The number of benzene rings is 1. The molecule has 4 nitrogen and oxygen atoms in total. The molecule has 0 aliphatic carbocycles. The lowest BCUT2D eigenvalue weighted by molar-refractivity contribution is 0.938. The molecule has 0 radical (unpaired) electrons. The van der Waals surface area contributed by atoms with Crippen LogP contribution in [0.2, 0.25) is 0 Å². The normalized spacial score (nSPS) is 10.3. The molecule has 1 heterocycles. The fourth-order valence-electron chi connectivity index (χ4n) is 1.66. The Balaban J connectivity index is 2.05. The summed E-state index contributed by atoms with van der Waals surface area (Å²) in [5.74, 6) is 2.05. The lowest BCUT2D eigenvalue weighted by Gasteiger charge is -2.08. The Kier molecular flexibility index (Phi) is 3.77. The second kappa shape index (κ2) is 5.49. The van der Waals surface area contributed by atoms with Gasteiger partial charge in [-0.05, 0) is 12.5 Å². The SMILES string of the molecule is CCc1nc(N)cc(NCc2ccc(C)cc2)n1. The number of nitrogen functional groups attached to an aromatic ring is 1. The van der Waals surface area contributed by atoms with Crippen molar-refractivity contribution in [2.45, 2.75) is 26.8 Å². The molecule has 0 saturated heterocycles. The fourth-order valence-corrected chi connectivity index (χ4v) is 1.66. The third-order valence-electron chi connectivity index (χ3n) is 2.70. The van der Waals surface area contributed by atoms with Crippen molar-refractivity contribution < 1.29 is 0 Å². The minimum Gasteiger partial charge on any atom is -0.384 e. The van der Waals surface area contributed by atoms with Crippen LogP contribution < -0.4 is 11.1 Å². The highest BCUT2D eigenvalue weighted by molar-refractivity contribution is 5.45. The summed E-state index contributed by atoms with van der Waals surface area (Å²) in [6, 6.07) is 10.2. The molecule has 2 rings (SSSR count). The summed E-state index contributed by atoms with van der Waals surface area (Å²) in [7, 11) is 0. The minimum absolute atomic E-state index is 0.508. The van der Waals surface area contributed by atoms with Crippen molar-refractivity contribution in [2.24, 2.45) is 0 Å². The zero-order valence-corrected chi connectivity index (χ0v) is 10.8. The number of hydrogen-bond acceptors (Lipinski definition) is 4. The Hall–Kier alpha value is -2.10. The van der Waals surface area contributed by atoms with Gasteiger partial charge in [-0.1, -0.05) is 36.8 Å². The Morgan fingerprint density at radius 3 is 2.56 bits per heavy atom. The highest BCUT2D eigenvalue weighted by Gasteiger charge is 2.01. The van der Waals surface area contributed by atoms with Gasteiger partial charge >= 0.3 is 0 Å². The smallest absolute Gasteiger partial charge is 0.132 e. The first kappa shape index (κ1) is 12.4. The summed E-state index contributed by atoms with van der Waals surface area (Å²) in [6.07, 6.45) is 0.782. The largest absolute Gasteiger partial charge is 0.384 e. The van der Waals surface area contributed by atoms with Crippen molar-refractivity contribution in [1.29, 1.82) is 0 Å². The first-order valence-electron chi connectivity index (χ1n) is 6.10. The molecule has 18 heavy (non-hydrogen) atoms. The van der Waals surface area contributed by atoms with E-state index in [1.54, 1.807) is 6.07 Å². The van der Waals surface area contributed by atoms with Gasteiger partial charge < -0.3 is 11.1 Å². The summed E-state index contributed by atoms with van der Waals surface area (Å²) >= 11 is 0. The third-order valence-corrected chi connectivity index (χ3v) is 2.70. The number of nitrogens with zero attached hydrogens (tertiary/aromatic N) is 2. The molecule has 0 unspecified atom stereocenters. The van der Waals surface area contributed by atoms with E-state index in [4.69, 9.17) is 5.73 Å². The summed E-state index contributed by atoms with van der Waals surface area (Å²) in [4.78, 5) is 8.53. The second-order valence-corrected chi connectivity index (χ2v) is 4.29. The van der Waals surface area contributed by atoms with E-state index >= 15 is 0 Å². The molecule has 0 bridgehead atoms. The third kappa shape index (κ3) is 3.20. The Morgan fingerprint density at radius 1 is 1.17 bits per heavy atom. The van der Waals surface area contributed by atoms with Crippen LogP contribution in [0.15, 0.2) is 30.3 Å². The van der Waals surface area contributed by atoms with Crippen molar-refractivity contribution in [1.82, 2.24) is 9.97 Å². The van der Waals surface area contributed by atoms with E-state index in [1.165, 1.54) is 11.1 Å². The van der Waals surface area contributed by atoms with E-state index in [1.807, 2.05) is 6.92 Å². The zero-order valence-electron chi connectivity index (χ0n) is 10.8. The van der Waals surface area contributed by atoms with Gasteiger partial charge in [0.25, 0.3) is 0 Å². The van der Waals surface area contributed by atoms with Crippen molar-refractivity contribution >= 4 is 11.6 Å². The summed E-state index contributed by atoms with van der Waals surface area (Å²) in [5, 5.41) is 3.26. The summed E-state index contributed by atoms with van der Waals surface area (Å²) < 4.78 is 0. The zero-order chi connectivity index (χ0) is 13.0. The summed E-state index contributed by atoms with van der Waals surface area (Å²) in [5.41, 5.74) is 8.21. The Morgan fingerprint density at radius 2 is 1.89 bits per heavy atom. The van der Waals surface area contributed by atoms with Crippen LogP contribution in [0.4, 0.5) is 11.6 Å². The van der Waals surface area contributed by atoms with Crippen molar-refractivity contribution in [2.75, 3.05) is 11.1 Å². The van der Waals surface area contributed by atoms with Crippen LogP contribution in [0.5, 0.6) is 0 Å². The van der Waals surface area contributed by atoms with Crippen molar-refractivity contribution in [3.8, 4) is 0 Å². The molecule has 4 heteroatoms. The lowest BCUT2D eigenvalue weighted by Crippen LogP contribution is -2.06. The number of aryl methyl sites for hydroxylation is 2. The second-order valence-electron chi connectivity index (χ2n) is 4.29. The van der Waals surface area contributed by atoms with Crippen molar-refractivity contribution in [3.05, 3.63) is 47.3 Å². The van der Waals surface area contributed by atoms with Crippen LogP contribution in [0.25, 0.3) is 0 Å². The molecule has 94 valence electrons. The molecular formula is C14H18N4. The molecule has 0 atom stereocenters. The van der Waals surface area contributed by atoms with Gasteiger partial charge in [0.05, 0.1) is 0 Å². The fraction of sp³-hybridized carbons (Fsp3) is 0.286. The van der Waals surface area contributed by atoms with Crippen LogP contribution in [0.1, 0.15) is 23.9 Å². The molecule has 1 aromatic carbocycles. The van der Waals surface area contributed by atoms with E-state index in [-0.39, 0.29) is 0 Å². The number of aromatic nitrogens is 2. The molecule has 0 aliphatic heterocycles. The highest BCUT2D eigenvalue weighted by Crippen LogP contribution is 2.11. The molecule has 3 N–H and O–H groups in total. The van der Waals surface area contributed by atoms with Gasteiger partial charge in [-0.15, -0.1) is 0 Å². The predicted octanol–water partition coefficient (Wildman–Crippen LogP) is 2.54. The van der Waals surface area contributed by atoms with Crippen LogP contribution in [-0.4, -0.2) is 9.97 Å². The first-order chi connectivity index (χ1) is 8.67. The van der Waals surface area contributed by atoms with Gasteiger partial charge in [0.1, 0.15) is 17.5 Å². The van der Waals surface area contributed by atoms with Gasteiger partial charge in [0, 0.05) is 19.0 Å². The number of nitrogens with two attached hydrogens (primary N) is 1. The van der Waals surface area contributed by atoms with Gasteiger partial charge in [0.15, 0.2) is 0 Å². The standard InChI is InChI=1S/C14H18N4/c1-3-13-17-12(15)8-14(18-13)16-9-11-6-4-10(2)5-7-11/h4-8H,3,9H2,1-2H3,(H3,15,16,17,18). The number of hydrogen-bond donors (Lipinski definition) is 2. The average Bonchev–Trinajstić information content (AvgIpc) is 2.37.